The molecule has 0 aliphatic heterocycles. The smallest absolute Gasteiger partial charge is 0.331 e. The van der Waals surface area contributed by atoms with Gasteiger partial charge in [0.15, 0.2) is 11.5 Å². The Morgan fingerprint density at radius 1 is 1.36 bits per heavy atom. The number of phenols is 2. The van der Waals surface area contributed by atoms with E-state index in [0.29, 0.717) is 0 Å². The molecule has 1 rings (SSSR count). The van der Waals surface area contributed by atoms with Gasteiger partial charge in [-0.2, -0.15) is 0 Å². The molecular formula is C9H8O5. The van der Waals surface area contributed by atoms with E-state index in [4.69, 9.17) is 14.9 Å². The van der Waals surface area contributed by atoms with Crippen molar-refractivity contribution in [1.29, 1.82) is 0 Å². The highest BCUT2D eigenvalue weighted by Gasteiger charge is 2.05. The van der Waals surface area contributed by atoms with E-state index >= 15 is 0 Å². The van der Waals surface area contributed by atoms with Crippen LogP contribution >= 0.6 is 0 Å². The summed E-state index contributed by atoms with van der Waals surface area (Å²) in [5.41, 5.74) is 0. The Morgan fingerprint density at radius 2 is 2.07 bits per heavy atom. The molecule has 0 unspecified atom stereocenters. The third kappa shape index (κ3) is 2.41. The van der Waals surface area contributed by atoms with Crippen molar-refractivity contribution < 1.29 is 24.9 Å². The normalized spacial score (nSPS) is 10.3. The molecule has 0 fully saturated rings. The first-order valence-electron chi connectivity index (χ1n) is 3.68. The summed E-state index contributed by atoms with van der Waals surface area (Å²) in [5, 5.41) is 26.5. The van der Waals surface area contributed by atoms with Crippen LogP contribution in [0.4, 0.5) is 0 Å². The molecule has 0 saturated heterocycles. The number of phenolic OH excluding ortho intramolecular Hbond substituents is 2. The van der Waals surface area contributed by atoms with Crippen LogP contribution in [0.2, 0.25) is 0 Å². The first-order chi connectivity index (χ1) is 6.61. The van der Waals surface area contributed by atoms with E-state index in [1.54, 1.807) is 0 Å². The summed E-state index contributed by atoms with van der Waals surface area (Å²) in [6.07, 6.45) is 1.67. The molecule has 5 nitrogen and oxygen atoms in total. The fourth-order valence-corrected chi connectivity index (χ4v) is 0.771. The molecule has 0 heterocycles. The molecule has 0 spiro atoms. The summed E-state index contributed by atoms with van der Waals surface area (Å²) in [6.45, 7) is 0. The number of carboxylic acid groups (broad SMARTS) is 1. The van der Waals surface area contributed by atoms with E-state index in [-0.39, 0.29) is 11.5 Å². The highest BCUT2D eigenvalue weighted by Crippen LogP contribution is 2.34. The lowest BCUT2D eigenvalue weighted by atomic mass is 10.3. The number of carbonyl (C=O) groups is 1. The fraction of sp³-hybridized carbons (Fsp3) is 0. The summed E-state index contributed by atoms with van der Waals surface area (Å²) >= 11 is 0. The molecule has 14 heavy (non-hydrogen) atoms. The number of aromatic hydroxyl groups is 2. The molecule has 0 aromatic heterocycles. The highest BCUT2D eigenvalue weighted by atomic mass is 16.5. The summed E-state index contributed by atoms with van der Waals surface area (Å²) in [5.74, 6) is -1.93. The first-order valence-corrected chi connectivity index (χ1v) is 3.68. The topological polar surface area (TPSA) is 87.0 Å². The second-order valence-electron chi connectivity index (χ2n) is 2.38. The molecule has 1 aromatic rings. The van der Waals surface area contributed by atoms with E-state index in [1.807, 2.05) is 0 Å². The lowest BCUT2D eigenvalue weighted by Crippen LogP contribution is -1.89. The van der Waals surface area contributed by atoms with Gasteiger partial charge in [0.2, 0.25) is 5.75 Å². The third-order valence-corrected chi connectivity index (χ3v) is 1.38. The van der Waals surface area contributed by atoms with Gasteiger partial charge >= 0.3 is 5.97 Å². The minimum absolute atomic E-state index is 0.0116. The molecule has 0 atom stereocenters. The average Bonchev–Trinajstić information content (AvgIpc) is 2.12. The minimum Gasteiger partial charge on any atom is -0.504 e. The van der Waals surface area contributed by atoms with E-state index < -0.39 is 11.7 Å². The molecule has 0 amide bonds. The van der Waals surface area contributed by atoms with Crippen molar-refractivity contribution >= 4 is 5.97 Å². The Kier molecular flexibility index (Phi) is 2.96. The lowest BCUT2D eigenvalue weighted by molar-refractivity contribution is -0.131. The van der Waals surface area contributed by atoms with Crippen LogP contribution in [-0.4, -0.2) is 21.3 Å². The van der Waals surface area contributed by atoms with Crippen LogP contribution in [0.25, 0.3) is 0 Å². The monoisotopic (exact) mass is 196 g/mol. The number of hydrogen-bond acceptors (Lipinski definition) is 4. The molecule has 3 N–H and O–H groups in total. The summed E-state index contributed by atoms with van der Waals surface area (Å²) < 4.78 is 4.76. The SMILES string of the molecule is O=C(O)C=COc1cccc(O)c1O. The number of aliphatic carboxylic acids is 1. The number of para-hydroxylation sites is 1. The zero-order valence-corrected chi connectivity index (χ0v) is 7.04. The van der Waals surface area contributed by atoms with Crippen LogP contribution in [0.5, 0.6) is 17.2 Å². The van der Waals surface area contributed by atoms with Crippen LogP contribution in [-0.2, 0) is 4.79 Å². The maximum Gasteiger partial charge on any atom is 0.331 e. The van der Waals surface area contributed by atoms with E-state index in [0.717, 1.165) is 12.3 Å². The predicted molar refractivity (Wildman–Crippen MR) is 47.2 cm³/mol. The van der Waals surface area contributed by atoms with Crippen molar-refractivity contribution in [3.63, 3.8) is 0 Å². The van der Waals surface area contributed by atoms with Gasteiger partial charge in [0, 0.05) is 0 Å². The Bertz CT molecular complexity index is 369. The molecule has 0 bridgehead atoms. The molecule has 74 valence electrons. The minimum atomic E-state index is -1.16. The number of carboxylic acids is 1. The van der Waals surface area contributed by atoms with Crippen LogP contribution in [0.1, 0.15) is 0 Å². The second kappa shape index (κ2) is 4.18. The van der Waals surface area contributed by atoms with E-state index in [2.05, 4.69) is 0 Å². The Balaban J connectivity index is 2.77. The van der Waals surface area contributed by atoms with Crippen molar-refractivity contribution in [2.24, 2.45) is 0 Å². The summed E-state index contributed by atoms with van der Waals surface area (Å²) in [4.78, 5) is 10.1. The Hall–Kier alpha value is -2.17. The fourth-order valence-electron chi connectivity index (χ4n) is 0.771. The van der Waals surface area contributed by atoms with Crippen molar-refractivity contribution in [2.45, 2.75) is 0 Å². The zero-order chi connectivity index (χ0) is 10.6. The maximum absolute atomic E-state index is 10.1. The van der Waals surface area contributed by atoms with E-state index in [1.165, 1.54) is 18.2 Å². The van der Waals surface area contributed by atoms with Gasteiger partial charge < -0.3 is 20.1 Å². The molecule has 0 saturated carbocycles. The molecule has 5 heteroatoms. The lowest BCUT2D eigenvalue weighted by Gasteiger charge is -2.03. The number of ether oxygens (including phenoxy) is 1. The van der Waals surface area contributed by atoms with Crippen molar-refractivity contribution in [2.75, 3.05) is 0 Å². The largest absolute Gasteiger partial charge is 0.504 e. The molecule has 0 aliphatic carbocycles. The van der Waals surface area contributed by atoms with Crippen LogP contribution < -0.4 is 4.74 Å². The summed E-state index contributed by atoms with van der Waals surface area (Å²) in [6, 6.07) is 4.13. The van der Waals surface area contributed by atoms with Gasteiger partial charge in [-0.3, -0.25) is 0 Å². The number of benzene rings is 1. The van der Waals surface area contributed by atoms with Gasteiger partial charge in [-0.25, -0.2) is 4.79 Å². The van der Waals surface area contributed by atoms with Gasteiger partial charge in [-0.1, -0.05) is 6.07 Å². The molecule has 1 aromatic carbocycles. The first kappa shape index (κ1) is 9.91. The number of rotatable bonds is 3. The van der Waals surface area contributed by atoms with E-state index in [9.17, 15) is 9.90 Å². The molecule has 0 aliphatic rings. The van der Waals surface area contributed by atoms with Crippen molar-refractivity contribution in [3.8, 4) is 17.2 Å². The number of hydrogen-bond donors (Lipinski definition) is 3. The van der Waals surface area contributed by atoms with Crippen LogP contribution in [0, 0.1) is 0 Å². The van der Waals surface area contributed by atoms with Crippen LogP contribution in [0.15, 0.2) is 30.5 Å². The quantitative estimate of drug-likeness (QED) is 0.382. The van der Waals surface area contributed by atoms with Gasteiger partial charge in [0.1, 0.15) is 0 Å². The second-order valence-corrected chi connectivity index (χ2v) is 2.38. The van der Waals surface area contributed by atoms with Gasteiger partial charge in [0.05, 0.1) is 12.3 Å². The Morgan fingerprint density at radius 3 is 2.71 bits per heavy atom. The van der Waals surface area contributed by atoms with Gasteiger partial charge in [0.25, 0.3) is 0 Å². The average molecular weight is 196 g/mol. The van der Waals surface area contributed by atoms with Crippen molar-refractivity contribution in [1.82, 2.24) is 0 Å². The van der Waals surface area contributed by atoms with Crippen LogP contribution in [0.3, 0.4) is 0 Å². The highest BCUT2D eigenvalue weighted by molar-refractivity contribution is 5.79. The molecular weight excluding hydrogens is 188 g/mol. The van der Waals surface area contributed by atoms with Crippen molar-refractivity contribution in [3.05, 3.63) is 30.5 Å². The summed E-state index contributed by atoms with van der Waals surface area (Å²) in [7, 11) is 0. The zero-order valence-electron chi connectivity index (χ0n) is 7.04. The van der Waals surface area contributed by atoms with Gasteiger partial charge in [-0.05, 0) is 12.1 Å². The molecule has 0 radical (unpaired) electrons. The Labute approximate surface area is 79.5 Å². The standard InChI is InChI=1S/C9H8O5/c10-6-2-1-3-7(9(6)13)14-5-4-8(11)12/h1-5,10,13H,(H,11,12). The third-order valence-electron chi connectivity index (χ3n) is 1.38. The van der Waals surface area contributed by atoms with Gasteiger partial charge in [-0.15, -0.1) is 0 Å². The maximum atomic E-state index is 10.1. The predicted octanol–water partition coefficient (Wildman–Crippen LogP) is 1.07.